The van der Waals surface area contributed by atoms with E-state index < -0.39 is 10.8 Å². The van der Waals surface area contributed by atoms with Crippen LogP contribution in [0.4, 0.5) is 4.39 Å². The molecule has 1 atom stereocenters. The van der Waals surface area contributed by atoms with Crippen LogP contribution in [-0.2, 0) is 17.2 Å². The summed E-state index contributed by atoms with van der Waals surface area (Å²) in [7, 11) is -0.995. The number of pyridine rings is 1. The molecule has 0 saturated heterocycles. The summed E-state index contributed by atoms with van der Waals surface area (Å²) in [5.41, 5.74) is 4.51. The maximum atomic E-state index is 13.3. The Hall–Kier alpha value is -3.12. The molecule has 0 saturated carbocycles. The SMILES string of the molecule is CS(=O)c1ccc(Cc2nc(-c3ccc(F)cc3)c(-c3ccncc3)[nH]2)cc1. The number of halogens is 1. The Bertz CT molecular complexity index is 1110. The standard InChI is InChI=1S/C22H18FN3OS/c1-28(27)19-8-2-15(3-9-19)14-20-25-21(16-4-6-18(23)7-5-16)22(26-20)17-10-12-24-13-11-17/h2-13H,14H2,1H3,(H,25,26). The molecule has 2 aromatic heterocycles. The molecule has 0 fully saturated rings. The van der Waals surface area contributed by atoms with Gasteiger partial charge in [-0.1, -0.05) is 12.1 Å². The number of rotatable bonds is 5. The molecule has 0 bridgehead atoms. The first-order chi connectivity index (χ1) is 13.6. The molecule has 6 heteroatoms. The number of hydrogen-bond acceptors (Lipinski definition) is 3. The number of nitrogens with zero attached hydrogens (tertiary/aromatic N) is 2. The second-order valence-electron chi connectivity index (χ2n) is 6.42. The van der Waals surface area contributed by atoms with E-state index in [-0.39, 0.29) is 5.82 Å². The van der Waals surface area contributed by atoms with Crippen LogP contribution >= 0.6 is 0 Å². The predicted octanol–water partition coefficient (Wildman–Crippen LogP) is 4.61. The van der Waals surface area contributed by atoms with E-state index in [0.29, 0.717) is 6.42 Å². The van der Waals surface area contributed by atoms with Crippen LogP contribution in [0.1, 0.15) is 11.4 Å². The van der Waals surface area contributed by atoms with Crippen molar-refractivity contribution in [2.45, 2.75) is 11.3 Å². The lowest BCUT2D eigenvalue weighted by Gasteiger charge is -2.02. The van der Waals surface area contributed by atoms with E-state index >= 15 is 0 Å². The Labute approximate surface area is 165 Å². The highest BCUT2D eigenvalue weighted by Gasteiger charge is 2.15. The van der Waals surface area contributed by atoms with Crippen molar-refractivity contribution in [1.82, 2.24) is 15.0 Å². The normalized spacial score (nSPS) is 12.1. The molecule has 0 aliphatic rings. The molecule has 28 heavy (non-hydrogen) atoms. The Balaban J connectivity index is 1.72. The Morgan fingerprint density at radius 3 is 2.25 bits per heavy atom. The Morgan fingerprint density at radius 2 is 1.61 bits per heavy atom. The average molecular weight is 391 g/mol. The molecular formula is C22H18FN3OS. The third-order valence-corrected chi connectivity index (χ3v) is 5.40. The second-order valence-corrected chi connectivity index (χ2v) is 7.80. The third-order valence-electron chi connectivity index (χ3n) is 4.47. The zero-order valence-electron chi connectivity index (χ0n) is 15.2. The molecule has 1 unspecified atom stereocenters. The summed E-state index contributed by atoms with van der Waals surface area (Å²) >= 11 is 0. The summed E-state index contributed by atoms with van der Waals surface area (Å²) in [4.78, 5) is 13.1. The van der Waals surface area contributed by atoms with Gasteiger partial charge in [-0.25, -0.2) is 9.37 Å². The van der Waals surface area contributed by atoms with Crippen molar-refractivity contribution < 1.29 is 8.60 Å². The highest BCUT2D eigenvalue weighted by atomic mass is 32.2. The van der Waals surface area contributed by atoms with Gasteiger partial charge in [0.2, 0.25) is 0 Å². The summed E-state index contributed by atoms with van der Waals surface area (Å²) in [6, 6.07) is 17.8. The van der Waals surface area contributed by atoms with Crippen LogP contribution in [0.5, 0.6) is 0 Å². The first-order valence-electron chi connectivity index (χ1n) is 8.78. The van der Waals surface area contributed by atoms with Gasteiger partial charge in [-0.15, -0.1) is 0 Å². The summed E-state index contributed by atoms with van der Waals surface area (Å²) in [6.45, 7) is 0. The molecule has 0 spiro atoms. The van der Waals surface area contributed by atoms with Crippen molar-refractivity contribution in [3.05, 3.63) is 90.3 Å². The fourth-order valence-corrected chi connectivity index (χ4v) is 3.56. The number of aromatic nitrogens is 3. The first kappa shape index (κ1) is 18.3. The minimum Gasteiger partial charge on any atom is -0.341 e. The third kappa shape index (κ3) is 3.92. The second kappa shape index (κ2) is 7.86. The Morgan fingerprint density at radius 1 is 0.929 bits per heavy atom. The first-order valence-corrected chi connectivity index (χ1v) is 10.3. The molecule has 1 N–H and O–H groups in total. The lowest BCUT2D eigenvalue weighted by atomic mass is 10.1. The predicted molar refractivity (Wildman–Crippen MR) is 109 cm³/mol. The lowest BCUT2D eigenvalue weighted by molar-refractivity contribution is 0.628. The Kier molecular flexibility index (Phi) is 5.12. The van der Waals surface area contributed by atoms with Crippen molar-refractivity contribution in [1.29, 1.82) is 0 Å². The highest BCUT2D eigenvalue weighted by Crippen LogP contribution is 2.30. The number of H-pyrrole nitrogens is 1. The summed E-state index contributed by atoms with van der Waals surface area (Å²) < 4.78 is 24.9. The molecule has 0 aliphatic carbocycles. The largest absolute Gasteiger partial charge is 0.341 e. The number of nitrogens with one attached hydrogen (secondary N) is 1. The van der Waals surface area contributed by atoms with Gasteiger partial charge in [0.25, 0.3) is 0 Å². The molecule has 4 nitrogen and oxygen atoms in total. The van der Waals surface area contributed by atoms with Crippen LogP contribution < -0.4 is 0 Å². The molecule has 0 amide bonds. The molecule has 2 heterocycles. The van der Waals surface area contributed by atoms with E-state index in [1.165, 1.54) is 12.1 Å². The number of imidazole rings is 1. The zero-order chi connectivity index (χ0) is 19.5. The zero-order valence-corrected chi connectivity index (χ0v) is 16.0. The fraction of sp³-hybridized carbons (Fsp3) is 0.0909. The van der Waals surface area contributed by atoms with Crippen molar-refractivity contribution in [2.75, 3.05) is 6.26 Å². The monoisotopic (exact) mass is 391 g/mol. The smallest absolute Gasteiger partial charge is 0.123 e. The minimum atomic E-state index is -0.995. The fourth-order valence-electron chi connectivity index (χ4n) is 3.04. The maximum Gasteiger partial charge on any atom is 0.123 e. The molecule has 140 valence electrons. The van der Waals surface area contributed by atoms with Gasteiger partial charge in [0.1, 0.15) is 11.6 Å². The van der Waals surface area contributed by atoms with E-state index in [1.807, 2.05) is 36.4 Å². The van der Waals surface area contributed by atoms with E-state index in [2.05, 4.69) is 9.97 Å². The van der Waals surface area contributed by atoms with Gasteiger partial charge in [0.15, 0.2) is 0 Å². The topological polar surface area (TPSA) is 58.6 Å². The number of aromatic amines is 1. The molecule has 0 radical (unpaired) electrons. The van der Waals surface area contributed by atoms with Gasteiger partial charge in [-0.3, -0.25) is 9.19 Å². The van der Waals surface area contributed by atoms with E-state index in [9.17, 15) is 8.60 Å². The van der Waals surface area contributed by atoms with Crippen LogP contribution in [0.15, 0.2) is 78.0 Å². The quantitative estimate of drug-likeness (QED) is 0.541. The average Bonchev–Trinajstić information content (AvgIpc) is 3.13. The van der Waals surface area contributed by atoms with Crippen LogP contribution in [0.25, 0.3) is 22.5 Å². The molecule has 4 aromatic rings. The van der Waals surface area contributed by atoms with Gasteiger partial charge < -0.3 is 4.98 Å². The van der Waals surface area contributed by atoms with Crippen LogP contribution in [0.2, 0.25) is 0 Å². The summed E-state index contributed by atoms with van der Waals surface area (Å²) in [5, 5.41) is 0. The van der Waals surface area contributed by atoms with Gasteiger partial charge in [-0.05, 0) is 54.1 Å². The minimum absolute atomic E-state index is 0.279. The van der Waals surface area contributed by atoms with Crippen molar-refractivity contribution in [3.63, 3.8) is 0 Å². The molecule has 2 aromatic carbocycles. The van der Waals surface area contributed by atoms with E-state index in [4.69, 9.17) is 4.98 Å². The van der Waals surface area contributed by atoms with Crippen molar-refractivity contribution in [2.24, 2.45) is 0 Å². The van der Waals surface area contributed by atoms with E-state index in [1.54, 1.807) is 30.8 Å². The van der Waals surface area contributed by atoms with Gasteiger partial charge >= 0.3 is 0 Å². The van der Waals surface area contributed by atoms with E-state index in [0.717, 1.165) is 38.8 Å². The summed E-state index contributed by atoms with van der Waals surface area (Å²) in [6.07, 6.45) is 5.73. The van der Waals surface area contributed by atoms with Crippen LogP contribution in [0.3, 0.4) is 0 Å². The number of benzene rings is 2. The maximum absolute atomic E-state index is 13.3. The van der Waals surface area contributed by atoms with Crippen molar-refractivity contribution >= 4 is 10.8 Å². The van der Waals surface area contributed by atoms with Gasteiger partial charge in [0, 0.05) is 51.9 Å². The van der Waals surface area contributed by atoms with Gasteiger partial charge in [-0.2, -0.15) is 0 Å². The van der Waals surface area contributed by atoms with Crippen molar-refractivity contribution in [3.8, 4) is 22.5 Å². The molecular weight excluding hydrogens is 373 g/mol. The lowest BCUT2D eigenvalue weighted by Crippen LogP contribution is -1.93. The van der Waals surface area contributed by atoms with Gasteiger partial charge in [0.05, 0.1) is 11.4 Å². The highest BCUT2D eigenvalue weighted by molar-refractivity contribution is 7.84. The van der Waals surface area contributed by atoms with Crippen LogP contribution in [0, 0.1) is 5.82 Å². The molecule has 4 rings (SSSR count). The summed E-state index contributed by atoms with van der Waals surface area (Å²) in [5.74, 6) is 0.523. The number of hydrogen-bond donors (Lipinski definition) is 1. The molecule has 0 aliphatic heterocycles. The van der Waals surface area contributed by atoms with Crippen LogP contribution in [-0.4, -0.2) is 25.4 Å².